The maximum absolute atomic E-state index is 15.0. The number of hydrogen-bond donors (Lipinski definition) is 2. The van der Waals surface area contributed by atoms with Gasteiger partial charge in [-0.2, -0.15) is 9.65 Å². The Labute approximate surface area is 359 Å². The van der Waals surface area contributed by atoms with Gasteiger partial charge in [0, 0.05) is 43.9 Å². The number of halogens is 3. The Kier molecular flexibility index (Phi) is 17.5. The molecule has 63 heavy (non-hydrogen) atoms. The van der Waals surface area contributed by atoms with Gasteiger partial charge in [0.15, 0.2) is 17.8 Å². The molecule has 22 heteroatoms. The number of aryl methyl sites for hydroxylation is 1. The number of oxime groups is 2. The number of hydrogen-bond acceptors (Lipinski definition) is 13. The van der Waals surface area contributed by atoms with E-state index in [1.807, 2.05) is 0 Å². The number of guanidine groups is 1. The second-order valence-electron chi connectivity index (χ2n) is 14.4. The minimum Gasteiger partial charge on any atom is -0.461 e. The molecule has 2 amide bonds. The number of carbonyl (C=O) groups is 2. The second-order valence-corrected chi connectivity index (χ2v) is 14.4. The first-order chi connectivity index (χ1) is 30.0. The van der Waals surface area contributed by atoms with Crippen LogP contribution in [0.2, 0.25) is 0 Å². The van der Waals surface area contributed by atoms with Crippen LogP contribution in [0, 0.1) is 56.1 Å². The SMILES string of the molecule is CC(C)=NOc1cc(F)ccc1[N+](=O)[O-].CC(C)=NOc1ccc([N+](=O)[O-])c(F)c1.Cc1cc2c(F)c(NC(=N[C@H]3CCCCN(CC(=O)N4CCCC4)C3=O)NC#N)ccc2o1. The van der Waals surface area contributed by atoms with E-state index in [1.54, 1.807) is 62.7 Å². The molecule has 0 spiro atoms. The molecule has 19 nitrogen and oxygen atoms in total. The van der Waals surface area contributed by atoms with Crippen molar-refractivity contribution in [3.05, 3.63) is 98.0 Å². The van der Waals surface area contributed by atoms with Gasteiger partial charge in [0.1, 0.15) is 23.2 Å². The maximum Gasteiger partial charge on any atom is 0.314 e. The molecule has 6 rings (SSSR count). The Morgan fingerprint density at radius 3 is 2.19 bits per heavy atom. The Hall–Kier alpha value is -7.57. The van der Waals surface area contributed by atoms with Crippen LogP contribution in [-0.2, 0) is 9.59 Å². The van der Waals surface area contributed by atoms with Crippen LogP contribution in [0.5, 0.6) is 11.5 Å². The van der Waals surface area contributed by atoms with E-state index in [2.05, 4.69) is 25.9 Å². The lowest BCUT2D eigenvalue weighted by Crippen LogP contribution is -2.45. The van der Waals surface area contributed by atoms with Crippen LogP contribution in [-0.4, -0.2) is 81.1 Å². The van der Waals surface area contributed by atoms with Crippen LogP contribution < -0.4 is 20.3 Å². The van der Waals surface area contributed by atoms with Gasteiger partial charge in [-0.3, -0.25) is 35.1 Å². The molecule has 0 aliphatic carbocycles. The van der Waals surface area contributed by atoms with E-state index in [1.165, 1.54) is 12.1 Å². The fourth-order valence-electron chi connectivity index (χ4n) is 6.01. The number of anilines is 1. The summed E-state index contributed by atoms with van der Waals surface area (Å²) < 4.78 is 46.2. The molecule has 334 valence electrons. The lowest BCUT2D eigenvalue weighted by atomic mass is 10.1. The molecule has 2 aliphatic heterocycles. The largest absolute Gasteiger partial charge is 0.461 e. The molecule has 0 saturated carbocycles. The third-order valence-corrected chi connectivity index (χ3v) is 8.90. The van der Waals surface area contributed by atoms with E-state index < -0.39 is 39.0 Å². The average molecular weight is 879 g/mol. The summed E-state index contributed by atoms with van der Waals surface area (Å²) in [4.78, 5) is 62.4. The molecular weight excluding hydrogens is 834 g/mol. The Bertz CT molecular complexity index is 2440. The average Bonchev–Trinajstić information content (AvgIpc) is 3.88. The van der Waals surface area contributed by atoms with Crippen molar-refractivity contribution < 1.29 is 46.7 Å². The molecule has 2 N–H and O–H groups in total. The van der Waals surface area contributed by atoms with E-state index in [0.29, 0.717) is 41.1 Å². The molecule has 0 bridgehead atoms. The maximum atomic E-state index is 15.0. The summed E-state index contributed by atoms with van der Waals surface area (Å²) in [5.74, 6) is -1.94. The van der Waals surface area contributed by atoms with Crippen molar-refractivity contribution >= 4 is 57.2 Å². The predicted molar refractivity (Wildman–Crippen MR) is 226 cm³/mol. The van der Waals surface area contributed by atoms with Crippen molar-refractivity contribution in [1.29, 1.82) is 5.26 Å². The number of nitro benzene ring substituents is 2. The first kappa shape index (κ1) is 48.1. The Morgan fingerprint density at radius 1 is 0.905 bits per heavy atom. The van der Waals surface area contributed by atoms with Crippen LogP contribution in [0.15, 0.2) is 74.3 Å². The van der Waals surface area contributed by atoms with Gasteiger partial charge in [-0.25, -0.2) is 13.8 Å². The van der Waals surface area contributed by atoms with Gasteiger partial charge < -0.3 is 29.2 Å². The van der Waals surface area contributed by atoms with Crippen molar-refractivity contribution in [1.82, 2.24) is 15.1 Å². The molecule has 3 aromatic carbocycles. The number of rotatable bonds is 10. The quantitative estimate of drug-likeness (QED) is 0.0388. The van der Waals surface area contributed by atoms with Gasteiger partial charge in [0.2, 0.25) is 29.3 Å². The zero-order valence-corrected chi connectivity index (χ0v) is 35.0. The standard InChI is InChI=1S/C23H27FN6O3.2C9H9FN2O3/c1-15-12-16-19(33-15)8-7-17(21(16)24)27-23(26-14-25)28-18-6-2-3-11-30(22(18)32)13-20(31)29-9-4-5-10-29;1-6(2)11-15-7-3-4-9(12(13)14)8(10)5-7;1-6(2)11-15-9-5-7(10)3-4-8(9)12(13)14/h7-8,12,18H,2-6,9-11,13H2,1H3,(H2,26,27,28);2*3-5H,1-2H3/t18-;;/m0../s1. The molecule has 4 aromatic rings. The van der Waals surface area contributed by atoms with E-state index in [9.17, 15) is 43.0 Å². The van der Waals surface area contributed by atoms with Crippen molar-refractivity contribution in [2.75, 3.05) is 31.5 Å². The summed E-state index contributed by atoms with van der Waals surface area (Å²) in [7, 11) is 0. The summed E-state index contributed by atoms with van der Waals surface area (Å²) in [6.07, 6.45) is 5.76. The molecule has 2 saturated heterocycles. The van der Waals surface area contributed by atoms with Crippen LogP contribution in [0.1, 0.15) is 65.6 Å². The van der Waals surface area contributed by atoms with Crippen molar-refractivity contribution in [2.24, 2.45) is 15.3 Å². The van der Waals surface area contributed by atoms with Crippen molar-refractivity contribution in [2.45, 2.75) is 72.8 Å². The van der Waals surface area contributed by atoms with E-state index >= 15 is 0 Å². The van der Waals surface area contributed by atoms with Gasteiger partial charge >= 0.3 is 11.4 Å². The number of benzene rings is 3. The third kappa shape index (κ3) is 14.3. The molecule has 3 heterocycles. The molecule has 0 radical (unpaired) electrons. The van der Waals surface area contributed by atoms with Gasteiger partial charge in [-0.05, 0) is 97.1 Å². The summed E-state index contributed by atoms with van der Waals surface area (Å²) >= 11 is 0. The van der Waals surface area contributed by atoms with E-state index in [0.717, 1.165) is 69.1 Å². The molecule has 1 aromatic heterocycles. The van der Waals surface area contributed by atoms with E-state index in [4.69, 9.17) is 19.4 Å². The molecule has 1 atom stereocenters. The second kappa shape index (κ2) is 22.9. The highest BCUT2D eigenvalue weighted by atomic mass is 19.1. The van der Waals surface area contributed by atoms with Crippen LogP contribution in [0.3, 0.4) is 0 Å². The monoisotopic (exact) mass is 878 g/mol. The first-order valence-corrected chi connectivity index (χ1v) is 19.5. The number of likely N-dealkylation sites (tertiary alicyclic amines) is 2. The van der Waals surface area contributed by atoms with Crippen molar-refractivity contribution in [3.8, 4) is 17.7 Å². The van der Waals surface area contributed by atoms with Gasteiger partial charge in [-0.15, -0.1) is 0 Å². The summed E-state index contributed by atoms with van der Waals surface area (Å²) in [5.41, 5.74) is 0.856. The molecular formula is C41H45F3N10O9. The normalized spacial score (nSPS) is 14.7. The molecule has 2 fully saturated rings. The smallest absolute Gasteiger partial charge is 0.314 e. The Balaban J connectivity index is 0.000000241. The molecule has 0 unspecified atom stereocenters. The lowest BCUT2D eigenvalue weighted by Gasteiger charge is -2.25. The fraction of sp³-hybridized carbons (Fsp3) is 0.366. The van der Waals surface area contributed by atoms with Crippen LogP contribution >= 0.6 is 0 Å². The number of aliphatic imine (C=N–C) groups is 1. The number of fused-ring (bicyclic) bond motifs is 1. The lowest BCUT2D eigenvalue weighted by molar-refractivity contribution is -0.387. The van der Waals surface area contributed by atoms with Gasteiger partial charge in [0.25, 0.3) is 0 Å². The van der Waals surface area contributed by atoms with Gasteiger partial charge in [-0.1, -0.05) is 10.3 Å². The number of amides is 2. The van der Waals surface area contributed by atoms with Gasteiger partial charge in [0.05, 0.1) is 38.9 Å². The van der Waals surface area contributed by atoms with E-state index in [-0.39, 0.29) is 47.2 Å². The molecule has 2 aliphatic rings. The third-order valence-electron chi connectivity index (χ3n) is 8.90. The number of nitro groups is 2. The summed E-state index contributed by atoms with van der Waals surface area (Å²) in [6.45, 7) is 10.5. The number of nitrogens with zero attached hydrogens (tertiary/aromatic N) is 8. The zero-order valence-electron chi connectivity index (χ0n) is 35.0. The van der Waals surface area contributed by atoms with Crippen LogP contribution in [0.25, 0.3) is 11.0 Å². The fourth-order valence-corrected chi connectivity index (χ4v) is 6.01. The zero-order chi connectivity index (χ0) is 46.2. The number of carbonyl (C=O) groups excluding carboxylic acids is 2. The topological polar surface area (TPSA) is 243 Å². The number of nitriles is 1. The highest BCUT2D eigenvalue weighted by molar-refractivity contribution is 5.99. The highest BCUT2D eigenvalue weighted by Gasteiger charge is 2.30. The minimum absolute atomic E-state index is 0.0259. The highest BCUT2D eigenvalue weighted by Crippen LogP contribution is 2.29. The van der Waals surface area contributed by atoms with Crippen LogP contribution in [0.4, 0.5) is 30.2 Å². The summed E-state index contributed by atoms with van der Waals surface area (Å²) in [5, 5.41) is 42.6. The predicted octanol–water partition coefficient (Wildman–Crippen LogP) is 7.74. The number of furan rings is 1. The summed E-state index contributed by atoms with van der Waals surface area (Å²) in [6, 6.07) is 10.1. The Morgan fingerprint density at radius 2 is 1.56 bits per heavy atom. The number of nitrogens with one attached hydrogen (secondary N) is 2. The minimum atomic E-state index is -0.943. The first-order valence-electron chi connectivity index (χ1n) is 19.5. The van der Waals surface area contributed by atoms with Crippen molar-refractivity contribution in [3.63, 3.8) is 0 Å².